The summed E-state index contributed by atoms with van der Waals surface area (Å²) in [5, 5.41) is 19.5. The third-order valence-corrected chi connectivity index (χ3v) is 3.91. The van der Waals surface area contributed by atoms with Crippen molar-refractivity contribution in [3.8, 4) is 11.4 Å². The Bertz CT molecular complexity index is 685. The number of urea groups is 1. The van der Waals surface area contributed by atoms with Gasteiger partial charge >= 0.3 is 6.03 Å². The van der Waals surface area contributed by atoms with E-state index in [1.165, 1.54) is 0 Å². The van der Waals surface area contributed by atoms with Gasteiger partial charge in [-0.1, -0.05) is 18.2 Å². The molecule has 7 nitrogen and oxygen atoms in total. The molecule has 0 bridgehead atoms. The molecule has 3 rings (SSSR count). The first-order valence-corrected chi connectivity index (χ1v) is 7.81. The maximum atomic E-state index is 12.1. The minimum absolute atomic E-state index is 0.136. The van der Waals surface area contributed by atoms with E-state index in [9.17, 15) is 9.90 Å². The van der Waals surface area contributed by atoms with Crippen molar-refractivity contribution in [1.82, 2.24) is 25.4 Å². The second-order valence-corrected chi connectivity index (χ2v) is 5.85. The number of β-amino-alcohol motifs (C(OH)–C–C–N with tert-alkyl or cyclic N) is 1. The average Bonchev–Trinajstić information content (AvgIpc) is 2.99. The van der Waals surface area contributed by atoms with Gasteiger partial charge in [0.2, 0.25) is 0 Å². The number of aryl methyl sites for hydroxylation is 1. The summed E-state index contributed by atoms with van der Waals surface area (Å²) >= 11 is 0. The molecule has 1 fully saturated rings. The van der Waals surface area contributed by atoms with Gasteiger partial charge in [-0.15, -0.1) is 0 Å². The van der Waals surface area contributed by atoms with Crippen LogP contribution in [0.1, 0.15) is 24.2 Å². The number of rotatable bonds is 3. The third kappa shape index (κ3) is 3.87. The molecule has 1 aromatic carbocycles. The van der Waals surface area contributed by atoms with E-state index in [1.54, 1.807) is 4.90 Å². The van der Waals surface area contributed by atoms with Crippen LogP contribution >= 0.6 is 0 Å². The summed E-state index contributed by atoms with van der Waals surface area (Å²) in [7, 11) is 0. The van der Waals surface area contributed by atoms with Crippen LogP contribution in [-0.4, -0.2) is 50.4 Å². The highest BCUT2D eigenvalue weighted by molar-refractivity contribution is 5.74. The lowest BCUT2D eigenvalue weighted by Gasteiger charge is -2.30. The van der Waals surface area contributed by atoms with Crippen molar-refractivity contribution >= 4 is 6.03 Å². The average molecular weight is 315 g/mol. The van der Waals surface area contributed by atoms with Gasteiger partial charge in [0.1, 0.15) is 5.82 Å². The van der Waals surface area contributed by atoms with Crippen molar-refractivity contribution < 1.29 is 9.90 Å². The molecule has 0 aliphatic carbocycles. The normalized spacial score (nSPS) is 18.0. The summed E-state index contributed by atoms with van der Waals surface area (Å²) in [6.45, 7) is 3.39. The van der Waals surface area contributed by atoms with Crippen LogP contribution in [0, 0.1) is 6.92 Å². The third-order valence-electron chi connectivity index (χ3n) is 3.91. The fraction of sp³-hybridized carbons (Fsp3) is 0.438. The Morgan fingerprint density at radius 2 is 2.39 bits per heavy atom. The van der Waals surface area contributed by atoms with Gasteiger partial charge < -0.3 is 15.3 Å². The Hall–Kier alpha value is -2.41. The van der Waals surface area contributed by atoms with E-state index in [4.69, 9.17) is 0 Å². The predicted molar refractivity (Wildman–Crippen MR) is 85.6 cm³/mol. The minimum Gasteiger partial charge on any atom is -0.391 e. The van der Waals surface area contributed by atoms with Crippen LogP contribution < -0.4 is 5.32 Å². The van der Waals surface area contributed by atoms with E-state index >= 15 is 0 Å². The van der Waals surface area contributed by atoms with Gasteiger partial charge in [-0.05, 0) is 31.4 Å². The molecule has 1 aliphatic heterocycles. The van der Waals surface area contributed by atoms with Crippen molar-refractivity contribution in [2.75, 3.05) is 13.1 Å². The first-order valence-electron chi connectivity index (χ1n) is 7.81. The van der Waals surface area contributed by atoms with Crippen LogP contribution in [0.2, 0.25) is 0 Å². The van der Waals surface area contributed by atoms with E-state index < -0.39 is 6.10 Å². The summed E-state index contributed by atoms with van der Waals surface area (Å²) < 4.78 is 0. The first kappa shape index (κ1) is 15.5. The van der Waals surface area contributed by atoms with E-state index in [2.05, 4.69) is 20.5 Å². The number of nitrogens with one attached hydrogen (secondary N) is 2. The zero-order valence-corrected chi connectivity index (χ0v) is 13.1. The Balaban J connectivity index is 1.61. The van der Waals surface area contributed by atoms with Crippen LogP contribution in [0.25, 0.3) is 11.4 Å². The monoisotopic (exact) mass is 315 g/mol. The number of carbonyl (C=O) groups is 1. The van der Waals surface area contributed by atoms with Gasteiger partial charge in [0, 0.05) is 25.2 Å². The highest BCUT2D eigenvalue weighted by Gasteiger charge is 2.21. The Morgan fingerprint density at radius 1 is 1.52 bits per heavy atom. The number of hydrogen-bond acceptors (Lipinski definition) is 4. The summed E-state index contributed by atoms with van der Waals surface area (Å²) in [4.78, 5) is 18.1. The summed E-state index contributed by atoms with van der Waals surface area (Å²) in [6, 6.07) is 7.65. The molecule has 3 N–H and O–H groups in total. The maximum Gasteiger partial charge on any atom is 0.317 e. The summed E-state index contributed by atoms with van der Waals surface area (Å²) in [6.07, 6.45) is 1.20. The van der Waals surface area contributed by atoms with Gasteiger partial charge in [0.25, 0.3) is 0 Å². The number of hydrogen-bond donors (Lipinski definition) is 3. The number of benzene rings is 1. The fourth-order valence-corrected chi connectivity index (χ4v) is 2.72. The molecular formula is C16H21N5O2. The molecule has 2 amide bonds. The lowest BCUT2D eigenvalue weighted by molar-refractivity contribution is 0.0842. The Morgan fingerprint density at radius 3 is 3.13 bits per heavy atom. The van der Waals surface area contributed by atoms with Gasteiger partial charge in [0.05, 0.1) is 6.10 Å². The minimum atomic E-state index is -0.410. The highest BCUT2D eigenvalue weighted by Crippen LogP contribution is 2.16. The zero-order chi connectivity index (χ0) is 16.2. The Labute approximate surface area is 134 Å². The number of aromatic nitrogens is 3. The molecule has 1 atom stereocenters. The molecule has 7 heteroatoms. The highest BCUT2D eigenvalue weighted by atomic mass is 16.3. The second kappa shape index (κ2) is 6.78. The molecule has 2 aromatic rings. The lowest BCUT2D eigenvalue weighted by Crippen LogP contribution is -2.46. The van der Waals surface area contributed by atoms with Crippen molar-refractivity contribution in [1.29, 1.82) is 0 Å². The number of carbonyl (C=O) groups excluding carboxylic acids is 1. The van der Waals surface area contributed by atoms with Crippen LogP contribution in [0.3, 0.4) is 0 Å². The number of H-pyrrole nitrogens is 1. The van der Waals surface area contributed by atoms with Crippen molar-refractivity contribution in [3.63, 3.8) is 0 Å². The lowest BCUT2D eigenvalue weighted by atomic mass is 10.1. The SMILES string of the molecule is Cc1nc(-c2cccc(CNC(=O)N3CCCC(O)C3)c2)n[nH]1. The van der Waals surface area contributed by atoms with E-state index in [1.807, 2.05) is 31.2 Å². The zero-order valence-electron chi connectivity index (χ0n) is 13.1. The molecule has 1 unspecified atom stereocenters. The number of nitrogens with zero attached hydrogens (tertiary/aromatic N) is 3. The number of piperidine rings is 1. The van der Waals surface area contributed by atoms with Gasteiger partial charge in [0.15, 0.2) is 5.82 Å². The van der Waals surface area contributed by atoms with Crippen molar-refractivity contribution in [3.05, 3.63) is 35.7 Å². The topological polar surface area (TPSA) is 94.1 Å². The van der Waals surface area contributed by atoms with Crippen LogP contribution in [0.4, 0.5) is 4.79 Å². The summed E-state index contributed by atoms with van der Waals surface area (Å²) in [5.41, 5.74) is 1.89. The molecule has 122 valence electrons. The molecule has 23 heavy (non-hydrogen) atoms. The summed E-state index contributed by atoms with van der Waals surface area (Å²) in [5.74, 6) is 1.41. The molecule has 2 heterocycles. The quantitative estimate of drug-likeness (QED) is 0.799. The molecule has 0 saturated carbocycles. The maximum absolute atomic E-state index is 12.1. The van der Waals surface area contributed by atoms with Crippen LogP contribution in [0.15, 0.2) is 24.3 Å². The predicted octanol–water partition coefficient (Wildman–Crippen LogP) is 1.45. The van der Waals surface area contributed by atoms with Gasteiger partial charge in [-0.25, -0.2) is 9.78 Å². The van der Waals surface area contributed by atoms with E-state index in [0.717, 1.165) is 29.8 Å². The number of aliphatic hydroxyl groups excluding tert-OH is 1. The van der Waals surface area contributed by atoms with E-state index in [-0.39, 0.29) is 6.03 Å². The number of amides is 2. The molecule has 0 spiro atoms. The Kier molecular flexibility index (Phi) is 4.57. The number of likely N-dealkylation sites (tertiary alicyclic amines) is 1. The van der Waals surface area contributed by atoms with E-state index in [0.29, 0.717) is 25.5 Å². The largest absolute Gasteiger partial charge is 0.391 e. The molecule has 0 radical (unpaired) electrons. The molecular weight excluding hydrogens is 294 g/mol. The molecule has 1 saturated heterocycles. The number of aromatic amines is 1. The fourth-order valence-electron chi connectivity index (χ4n) is 2.72. The number of aliphatic hydroxyl groups is 1. The van der Waals surface area contributed by atoms with Crippen molar-refractivity contribution in [2.24, 2.45) is 0 Å². The smallest absolute Gasteiger partial charge is 0.317 e. The van der Waals surface area contributed by atoms with Gasteiger partial charge in [-0.3, -0.25) is 5.10 Å². The van der Waals surface area contributed by atoms with Gasteiger partial charge in [-0.2, -0.15) is 5.10 Å². The first-order chi connectivity index (χ1) is 11.1. The molecule has 1 aliphatic rings. The van der Waals surface area contributed by atoms with Crippen LogP contribution in [0.5, 0.6) is 0 Å². The molecule has 1 aromatic heterocycles. The standard InChI is InChI=1S/C16H21N5O2/c1-11-18-15(20-19-11)13-5-2-4-12(8-13)9-17-16(23)21-7-3-6-14(22)10-21/h2,4-5,8,14,22H,3,6-7,9-10H2,1H3,(H,17,23)(H,18,19,20). The second-order valence-electron chi connectivity index (χ2n) is 5.85. The van der Waals surface area contributed by atoms with Crippen LogP contribution in [-0.2, 0) is 6.54 Å². The van der Waals surface area contributed by atoms with Crippen molar-refractivity contribution in [2.45, 2.75) is 32.4 Å².